The highest BCUT2D eigenvalue weighted by Gasteiger charge is 2.24. The van der Waals surface area contributed by atoms with Crippen LogP contribution in [0.1, 0.15) is 35.2 Å². The van der Waals surface area contributed by atoms with Gasteiger partial charge in [0.15, 0.2) is 0 Å². The van der Waals surface area contributed by atoms with Crippen molar-refractivity contribution >= 4 is 5.91 Å². The van der Waals surface area contributed by atoms with Crippen molar-refractivity contribution in [2.75, 3.05) is 13.1 Å². The van der Waals surface area contributed by atoms with Crippen LogP contribution in [-0.4, -0.2) is 25.0 Å². The second kappa shape index (κ2) is 4.92. The van der Waals surface area contributed by atoms with Crippen LogP contribution in [0.5, 0.6) is 0 Å². The van der Waals surface area contributed by atoms with E-state index in [0.29, 0.717) is 17.2 Å². The molecule has 1 aromatic heterocycles. The predicted octanol–water partition coefficient (Wildman–Crippen LogP) is 1.62. The van der Waals surface area contributed by atoms with E-state index in [1.54, 1.807) is 6.07 Å². The summed E-state index contributed by atoms with van der Waals surface area (Å²) in [6, 6.07) is 2.06. The lowest BCUT2D eigenvalue weighted by molar-refractivity contribution is 0.0912. The second-order valence-electron chi connectivity index (χ2n) is 4.88. The van der Waals surface area contributed by atoms with Gasteiger partial charge in [-0.15, -0.1) is 0 Å². The molecule has 1 amide bonds. The number of furan rings is 1. The number of aryl methyl sites for hydroxylation is 2. The summed E-state index contributed by atoms with van der Waals surface area (Å²) in [6.45, 7) is 7.78. The summed E-state index contributed by atoms with van der Waals surface area (Å²) in [5, 5.41) is 6.42. The standard InChI is InChI=1S/C13H20N2O2/c1-8-7-14-5-4-12(8)15-13(16)11-6-9(2)17-10(11)3/h6,8,12,14H,4-5,7H2,1-3H3,(H,15,16). The summed E-state index contributed by atoms with van der Waals surface area (Å²) in [7, 11) is 0. The van der Waals surface area contributed by atoms with Crippen LogP contribution >= 0.6 is 0 Å². The fraction of sp³-hybridized carbons (Fsp3) is 0.615. The molecule has 1 saturated heterocycles. The van der Waals surface area contributed by atoms with Gasteiger partial charge >= 0.3 is 0 Å². The van der Waals surface area contributed by atoms with Gasteiger partial charge in [0.25, 0.3) is 5.91 Å². The quantitative estimate of drug-likeness (QED) is 0.820. The van der Waals surface area contributed by atoms with E-state index in [2.05, 4.69) is 17.6 Å². The molecule has 1 aromatic rings. The molecule has 2 rings (SSSR count). The lowest BCUT2D eigenvalue weighted by Gasteiger charge is -2.30. The molecular weight excluding hydrogens is 216 g/mol. The van der Waals surface area contributed by atoms with Gasteiger partial charge in [-0.2, -0.15) is 0 Å². The summed E-state index contributed by atoms with van der Waals surface area (Å²) in [5.74, 6) is 1.94. The zero-order valence-electron chi connectivity index (χ0n) is 10.7. The topological polar surface area (TPSA) is 54.3 Å². The third kappa shape index (κ3) is 2.69. The monoisotopic (exact) mass is 236 g/mol. The first-order chi connectivity index (χ1) is 8.08. The van der Waals surface area contributed by atoms with Crippen molar-refractivity contribution in [3.8, 4) is 0 Å². The van der Waals surface area contributed by atoms with Crippen LogP contribution in [0.25, 0.3) is 0 Å². The molecule has 1 fully saturated rings. The Labute approximate surface area is 102 Å². The largest absolute Gasteiger partial charge is 0.466 e. The molecule has 4 nitrogen and oxygen atoms in total. The Bertz CT molecular complexity index is 412. The number of nitrogens with one attached hydrogen (secondary N) is 2. The van der Waals surface area contributed by atoms with Gasteiger partial charge in [0.05, 0.1) is 5.56 Å². The minimum absolute atomic E-state index is 0.0156. The molecule has 4 heteroatoms. The maximum atomic E-state index is 12.1. The predicted molar refractivity (Wildman–Crippen MR) is 66.1 cm³/mol. The molecule has 1 aliphatic rings. The number of carbonyl (C=O) groups excluding carboxylic acids is 1. The zero-order chi connectivity index (χ0) is 12.4. The van der Waals surface area contributed by atoms with Crippen LogP contribution in [0.2, 0.25) is 0 Å². The van der Waals surface area contributed by atoms with Crippen LogP contribution in [0.3, 0.4) is 0 Å². The van der Waals surface area contributed by atoms with Crippen molar-refractivity contribution in [1.82, 2.24) is 10.6 Å². The Morgan fingerprint density at radius 3 is 2.88 bits per heavy atom. The van der Waals surface area contributed by atoms with Gasteiger partial charge in [-0.25, -0.2) is 0 Å². The minimum Gasteiger partial charge on any atom is -0.466 e. The van der Waals surface area contributed by atoms with Crippen LogP contribution in [0.15, 0.2) is 10.5 Å². The van der Waals surface area contributed by atoms with E-state index in [4.69, 9.17) is 4.42 Å². The van der Waals surface area contributed by atoms with Crippen molar-refractivity contribution in [1.29, 1.82) is 0 Å². The number of amides is 1. The molecule has 0 aliphatic carbocycles. The molecule has 0 aromatic carbocycles. The molecule has 2 heterocycles. The highest BCUT2D eigenvalue weighted by atomic mass is 16.3. The first-order valence-electron chi connectivity index (χ1n) is 6.16. The number of hydrogen-bond donors (Lipinski definition) is 2. The number of carbonyl (C=O) groups is 1. The Morgan fingerprint density at radius 2 is 2.29 bits per heavy atom. The fourth-order valence-corrected chi connectivity index (χ4v) is 2.33. The lowest BCUT2D eigenvalue weighted by atomic mass is 9.95. The van der Waals surface area contributed by atoms with E-state index in [-0.39, 0.29) is 11.9 Å². The van der Waals surface area contributed by atoms with Crippen LogP contribution in [0.4, 0.5) is 0 Å². The molecule has 2 unspecified atom stereocenters. The first kappa shape index (κ1) is 12.2. The molecule has 2 N–H and O–H groups in total. The molecule has 2 atom stereocenters. The third-order valence-corrected chi connectivity index (χ3v) is 3.39. The molecule has 0 radical (unpaired) electrons. The van der Waals surface area contributed by atoms with E-state index in [1.165, 1.54) is 0 Å². The SMILES string of the molecule is Cc1cc(C(=O)NC2CCNCC2C)c(C)o1. The summed E-state index contributed by atoms with van der Waals surface area (Å²) < 4.78 is 5.38. The van der Waals surface area contributed by atoms with E-state index in [0.717, 1.165) is 25.3 Å². The van der Waals surface area contributed by atoms with E-state index < -0.39 is 0 Å². The van der Waals surface area contributed by atoms with Crippen molar-refractivity contribution in [3.63, 3.8) is 0 Å². The van der Waals surface area contributed by atoms with E-state index in [9.17, 15) is 4.79 Å². The zero-order valence-corrected chi connectivity index (χ0v) is 10.7. The molecule has 17 heavy (non-hydrogen) atoms. The van der Waals surface area contributed by atoms with Crippen LogP contribution in [0, 0.1) is 19.8 Å². The Balaban J connectivity index is 2.03. The maximum Gasteiger partial charge on any atom is 0.255 e. The number of piperidine rings is 1. The maximum absolute atomic E-state index is 12.1. The summed E-state index contributed by atoms with van der Waals surface area (Å²) in [4.78, 5) is 12.1. The van der Waals surface area contributed by atoms with Gasteiger partial charge in [-0.05, 0) is 45.3 Å². The second-order valence-corrected chi connectivity index (χ2v) is 4.88. The average Bonchev–Trinajstić information content (AvgIpc) is 2.61. The Hall–Kier alpha value is -1.29. The lowest BCUT2D eigenvalue weighted by Crippen LogP contribution is -2.48. The normalized spacial score (nSPS) is 24.6. The van der Waals surface area contributed by atoms with Crippen molar-refractivity contribution in [2.45, 2.75) is 33.2 Å². The summed E-state index contributed by atoms with van der Waals surface area (Å²) in [5.41, 5.74) is 0.660. The molecule has 0 spiro atoms. The van der Waals surface area contributed by atoms with Crippen molar-refractivity contribution < 1.29 is 9.21 Å². The van der Waals surface area contributed by atoms with Gasteiger partial charge in [0.2, 0.25) is 0 Å². The highest BCUT2D eigenvalue weighted by Crippen LogP contribution is 2.16. The highest BCUT2D eigenvalue weighted by molar-refractivity contribution is 5.95. The van der Waals surface area contributed by atoms with Gasteiger partial charge in [-0.3, -0.25) is 4.79 Å². The van der Waals surface area contributed by atoms with Crippen LogP contribution in [-0.2, 0) is 0 Å². The van der Waals surface area contributed by atoms with Gasteiger partial charge < -0.3 is 15.1 Å². The minimum atomic E-state index is -0.0156. The van der Waals surface area contributed by atoms with Crippen LogP contribution < -0.4 is 10.6 Å². The van der Waals surface area contributed by atoms with Gasteiger partial charge in [0.1, 0.15) is 11.5 Å². The smallest absolute Gasteiger partial charge is 0.255 e. The van der Waals surface area contributed by atoms with E-state index >= 15 is 0 Å². The first-order valence-corrected chi connectivity index (χ1v) is 6.16. The van der Waals surface area contributed by atoms with Gasteiger partial charge in [-0.1, -0.05) is 6.92 Å². The average molecular weight is 236 g/mol. The Morgan fingerprint density at radius 1 is 1.53 bits per heavy atom. The summed E-state index contributed by atoms with van der Waals surface area (Å²) >= 11 is 0. The van der Waals surface area contributed by atoms with Gasteiger partial charge in [0, 0.05) is 6.04 Å². The summed E-state index contributed by atoms with van der Waals surface area (Å²) in [6.07, 6.45) is 0.989. The number of rotatable bonds is 2. The van der Waals surface area contributed by atoms with Crippen molar-refractivity contribution in [3.05, 3.63) is 23.2 Å². The molecule has 0 bridgehead atoms. The fourth-order valence-electron chi connectivity index (χ4n) is 2.33. The Kier molecular flexibility index (Phi) is 3.52. The molecule has 94 valence electrons. The third-order valence-electron chi connectivity index (χ3n) is 3.39. The molecule has 0 saturated carbocycles. The van der Waals surface area contributed by atoms with E-state index in [1.807, 2.05) is 13.8 Å². The number of hydrogen-bond acceptors (Lipinski definition) is 3. The van der Waals surface area contributed by atoms with Crippen molar-refractivity contribution in [2.24, 2.45) is 5.92 Å². The molecular formula is C13H20N2O2. The molecule has 1 aliphatic heterocycles.